The number of para-hydroxylation sites is 1. The number of anilines is 2. The topological polar surface area (TPSA) is 108 Å². The number of morpholine rings is 1. The van der Waals surface area contributed by atoms with Crippen LogP contribution in [0.3, 0.4) is 0 Å². The Labute approximate surface area is 161 Å². The van der Waals surface area contributed by atoms with Crippen LogP contribution in [-0.2, 0) is 9.53 Å². The summed E-state index contributed by atoms with van der Waals surface area (Å²) in [7, 11) is 0. The summed E-state index contributed by atoms with van der Waals surface area (Å²) >= 11 is 0. The van der Waals surface area contributed by atoms with E-state index in [4.69, 9.17) is 4.74 Å². The van der Waals surface area contributed by atoms with Crippen LogP contribution in [0.2, 0.25) is 0 Å². The van der Waals surface area contributed by atoms with Crippen molar-refractivity contribution in [3.8, 4) is 6.07 Å². The molecule has 0 unspecified atom stereocenters. The van der Waals surface area contributed by atoms with Crippen molar-refractivity contribution < 1.29 is 14.5 Å². The average molecular weight is 378 g/mol. The number of carbonyl (C=O) groups is 1. The Balaban J connectivity index is 1.96. The molecule has 0 atom stereocenters. The van der Waals surface area contributed by atoms with Crippen LogP contribution < -0.4 is 10.2 Å². The van der Waals surface area contributed by atoms with Gasteiger partial charge in [0.15, 0.2) is 0 Å². The lowest BCUT2D eigenvalue weighted by Crippen LogP contribution is -2.36. The lowest BCUT2D eigenvalue weighted by atomic mass is 10.1. The Kier molecular flexibility index (Phi) is 5.99. The van der Waals surface area contributed by atoms with Crippen LogP contribution >= 0.6 is 0 Å². The number of nitriles is 1. The maximum absolute atomic E-state index is 12.5. The number of ether oxygens (including phenoxy) is 1. The molecule has 142 valence electrons. The van der Waals surface area contributed by atoms with Gasteiger partial charge in [-0.05, 0) is 24.3 Å². The standard InChI is InChI=1S/C20H18N4O4/c21-14-16(20(25)22-17-4-2-1-3-5-17)12-15-13-18(24(26)27)6-7-19(15)23-8-10-28-11-9-23/h1-7,12-13H,8-11H2,(H,22,25)/b16-12+. The Bertz CT molecular complexity index is 944. The first-order valence-corrected chi connectivity index (χ1v) is 8.68. The fraction of sp³-hybridized carbons (Fsp3) is 0.200. The van der Waals surface area contributed by atoms with Gasteiger partial charge in [-0.2, -0.15) is 5.26 Å². The van der Waals surface area contributed by atoms with E-state index in [1.807, 2.05) is 17.0 Å². The number of hydrogen-bond acceptors (Lipinski definition) is 6. The second-order valence-corrected chi connectivity index (χ2v) is 6.09. The van der Waals surface area contributed by atoms with Crippen molar-refractivity contribution in [2.45, 2.75) is 0 Å². The number of rotatable bonds is 5. The van der Waals surface area contributed by atoms with Gasteiger partial charge in [0.1, 0.15) is 11.6 Å². The smallest absolute Gasteiger partial charge is 0.270 e. The van der Waals surface area contributed by atoms with Crippen molar-refractivity contribution in [3.05, 3.63) is 69.8 Å². The largest absolute Gasteiger partial charge is 0.378 e. The van der Waals surface area contributed by atoms with Crippen LogP contribution in [0.1, 0.15) is 5.56 Å². The zero-order valence-corrected chi connectivity index (χ0v) is 15.0. The molecule has 1 heterocycles. The molecule has 1 aliphatic rings. The fourth-order valence-corrected chi connectivity index (χ4v) is 2.89. The summed E-state index contributed by atoms with van der Waals surface area (Å²) in [6.45, 7) is 2.33. The van der Waals surface area contributed by atoms with E-state index in [0.29, 0.717) is 43.2 Å². The number of benzene rings is 2. The van der Waals surface area contributed by atoms with Gasteiger partial charge in [-0.1, -0.05) is 18.2 Å². The second-order valence-electron chi connectivity index (χ2n) is 6.09. The summed E-state index contributed by atoms with van der Waals surface area (Å²) in [6.07, 6.45) is 1.38. The first-order chi connectivity index (χ1) is 13.6. The average Bonchev–Trinajstić information content (AvgIpc) is 2.73. The number of hydrogen-bond donors (Lipinski definition) is 1. The third kappa shape index (κ3) is 4.52. The molecule has 28 heavy (non-hydrogen) atoms. The third-order valence-electron chi connectivity index (χ3n) is 4.27. The van der Waals surface area contributed by atoms with E-state index < -0.39 is 10.8 Å². The Morgan fingerprint density at radius 1 is 1.21 bits per heavy atom. The number of nitro groups is 1. The summed E-state index contributed by atoms with van der Waals surface area (Å²) in [5.74, 6) is -0.576. The Hall–Kier alpha value is -3.70. The Morgan fingerprint density at radius 3 is 2.57 bits per heavy atom. The molecule has 0 radical (unpaired) electrons. The molecular weight excluding hydrogens is 360 g/mol. The van der Waals surface area contributed by atoms with Gasteiger partial charge in [-0.15, -0.1) is 0 Å². The first-order valence-electron chi connectivity index (χ1n) is 8.68. The molecule has 1 amide bonds. The molecule has 0 bridgehead atoms. The monoisotopic (exact) mass is 378 g/mol. The molecule has 3 rings (SSSR count). The molecule has 2 aromatic carbocycles. The predicted octanol–water partition coefficient (Wildman–Crippen LogP) is 2.98. The van der Waals surface area contributed by atoms with Crippen LogP contribution in [0.4, 0.5) is 17.1 Å². The minimum absolute atomic E-state index is 0.107. The van der Waals surface area contributed by atoms with Gasteiger partial charge in [0.25, 0.3) is 11.6 Å². The van der Waals surface area contributed by atoms with E-state index in [0.717, 1.165) is 0 Å². The molecule has 1 saturated heterocycles. The van der Waals surface area contributed by atoms with Crippen molar-refractivity contribution in [2.24, 2.45) is 0 Å². The molecule has 1 aliphatic heterocycles. The number of amides is 1. The molecule has 2 aromatic rings. The maximum atomic E-state index is 12.5. The number of nitrogens with one attached hydrogen (secondary N) is 1. The summed E-state index contributed by atoms with van der Waals surface area (Å²) in [5, 5.41) is 23.3. The Morgan fingerprint density at radius 2 is 1.93 bits per heavy atom. The number of non-ortho nitro benzene ring substituents is 1. The molecule has 1 N–H and O–H groups in total. The molecule has 1 fully saturated rings. The number of nitrogens with zero attached hydrogens (tertiary/aromatic N) is 3. The minimum Gasteiger partial charge on any atom is -0.378 e. The lowest BCUT2D eigenvalue weighted by molar-refractivity contribution is -0.384. The van der Waals surface area contributed by atoms with Crippen LogP contribution in [0, 0.1) is 21.4 Å². The van der Waals surface area contributed by atoms with Gasteiger partial charge in [0.05, 0.1) is 18.1 Å². The zero-order chi connectivity index (χ0) is 19.9. The predicted molar refractivity (Wildman–Crippen MR) is 105 cm³/mol. The summed E-state index contributed by atoms with van der Waals surface area (Å²) in [5.41, 5.74) is 1.47. The van der Waals surface area contributed by atoms with E-state index in [1.54, 1.807) is 30.3 Å². The number of carbonyl (C=O) groups excluding carboxylic acids is 1. The van der Waals surface area contributed by atoms with Crippen molar-refractivity contribution in [2.75, 3.05) is 36.5 Å². The summed E-state index contributed by atoms with van der Waals surface area (Å²) in [4.78, 5) is 25.2. The van der Waals surface area contributed by atoms with Crippen molar-refractivity contribution in [3.63, 3.8) is 0 Å². The highest BCUT2D eigenvalue weighted by Crippen LogP contribution is 2.28. The van der Waals surface area contributed by atoms with Gasteiger partial charge in [0, 0.05) is 42.2 Å². The molecule has 0 aromatic heterocycles. The van der Waals surface area contributed by atoms with Gasteiger partial charge >= 0.3 is 0 Å². The normalized spacial score (nSPS) is 14.2. The van der Waals surface area contributed by atoms with Gasteiger partial charge in [-0.3, -0.25) is 14.9 Å². The van der Waals surface area contributed by atoms with E-state index in [9.17, 15) is 20.2 Å². The lowest BCUT2D eigenvalue weighted by Gasteiger charge is -2.30. The highest BCUT2D eigenvalue weighted by molar-refractivity contribution is 6.10. The SMILES string of the molecule is N#C/C(=C\c1cc([N+](=O)[O-])ccc1N1CCOCC1)C(=O)Nc1ccccc1. The highest BCUT2D eigenvalue weighted by Gasteiger charge is 2.19. The summed E-state index contributed by atoms with van der Waals surface area (Å²) in [6, 6.07) is 15.1. The van der Waals surface area contributed by atoms with Crippen LogP contribution in [0.15, 0.2) is 54.1 Å². The molecule has 0 spiro atoms. The molecule has 0 saturated carbocycles. The van der Waals surface area contributed by atoms with Gasteiger partial charge < -0.3 is 15.0 Å². The van der Waals surface area contributed by atoms with E-state index >= 15 is 0 Å². The van der Waals surface area contributed by atoms with Gasteiger partial charge in [0.2, 0.25) is 0 Å². The quantitative estimate of drug-likeness (QED) is 0.371. The molecule has 8 nitrogen and oxygen atoms in total. The number of nitro benzene ring substituents is 1. The van der Waals surface area contributed by atoms with E-state index in [2.05, 4.69) is 5.32 Å². The van der Waals surface area contributed by atoms with Crippen molar-refractivity contribution in [1.29, 1.82) is 5.26 Å². The molecular formula is C20H18N4O4. The highest BCUT2D eigenvalue weighted by atomic mass is 16.6. The van der Waals surface area contributed by atoms with Crippen molar-refractivity contribution in [1.82, 2.24) is 0 Å². The van der Waals surface area contributed by atoms with E-state index in [1.165, 1.54) is 18.2 Å². The van der Waals surface area contributed by atoms with Crippen LogP contribution in [-0.4, -0.2) is 37.1 Å². The minimum atomic E-state index is -0.576. The van der Waals surface area contributed by atoms with Gasteiger partial charge in [-0.25, -0.2) is 0 Å². The fourth-order valence-electron chi connectivity index (χ4n) is 2.89. The van der Waals surface area contributed by atoms with E-state index in [-0.39, 0.29) is 11.3 Å². The van der Waals surface area contributed by atoms with Crippen LogP contribution in [0.5, 0.6) is 0 Å². The third-order valence-corrected chi connectivity index (χ3v) is 4.27. The van der Waals surface area contributed by atoms with Crippen LogP contribution in [0.25, 0.3) is 6.08 Å². The first kappa shape index (κ1) is 19.1. The second kappa shape index (κ2) is 8.79. The summed E-state index contributed by atoms with van der Waals surface area (Å²) < 4.78 is 5.35. The molecule has 8 heteroatoms. The maximum Gasteiger partial charge on any atom is 0.270 e. The van der Waals surface area contributed by atoms with Crippen molar-refractivity contribution >= 4 is 29.0 Å². The molecule has 0 aliphatic carbocycles. The zero-order valence-electron chi connectivity index (χ0n) is 15.0.